The van der Waals surface area contributed by atoms with Gasteiger partial charge >= 0.3 is 0 Å². The minimum absolute atomic E-state index is 0.0870. The molecule has 0 aliphatic carbocycles. The maximum atomic E-state index is 10.2. The second-order valence-corrected chi connectivity index (χ2v) is 7.62. The van der Waals surface area contributed by atoms with Crippen LogP contribution in [0, 0.1) is 0 Å². The van der Waals surface area contributed by atoms with E-state index in [4.69, 9.17) is 21.4 Å². The maximum Gasteiger partial charge on any atom is 0.188 e. The molecule has 2 aliphatic heterocycles. The van der Waals surface area contributed by atoms with Crippen LogP contribution >= 0.6 is 23.4 Å². The number of phenols is 1. The van der Waals surface area contributed by atoms with Crippen molar-refractivity contribution < 1.29 is 9.84 Å². The van der Waals surface area contributed by atoms with Gasteiger partial charge in [0.15, 0.2) is 6.23 Å². The first-order valence-electron chi connectivity index (χ1n) is 8.26. The SMILES string of the molecule is CSCC[C@@H]1Oc2ccc(Cl)cc2[C@H]2CC(c3ccccc3O)=NN12. The van der Waals surface area contributed by atoms with E-state index in [0.29, 0.717) is 5.02 Å². The first-order chi connectivity index (χ1) is 12.2. The molecule has 25 heavy (non-hydrogen) atoms. The van der Waals surface area contributed by atoms with Gasteiger partial charge < -0.3 is 9.84 Å². The summed E-state index contributed by atoms with van der Waals surface area (Å²) in [6, 6.07) is 13.2. The number of hydrazone groups is 1. The number of phenolic OH excluding ortho intramolecular Hbond substituents is 1. The molecule has 2 aliphatic rings. The Morgan fingerprint density at radius 1 is 1.32 bits per heavy atom. The molecular weight excluding hydrogens is 356 g/mol. The number of halogens is 1. The molecule has 0 saturated heterocycles. The topological polar surface area (TPSA) is 45.1 Å². The van der Waals surface area contributed by atoms with Crippen molar-refractivity contribution in [1.82, 2.24) is 5.01 Å². The van der Waals surface area contributed by atoms with Crippen LogP contribution in [0.1, 0.15) is 30.0 Å². The maximum absolute atomic E-state index is 10.2. The number of hydrogen-bond acceptors (Lipinski definition) is 5. The zero-order valence-corrected chi connectivity index (χ0v) is 15.4. The molecule has 0 fully saturated rings. The monoisotopic (exact) mass is 374 g/mol. The third-order valence-corrected chi connectivity index (χ3v) is 5.49. The van der Waals surface area contributed by atoms with E-state index in [9.17, 15) is 5.11 Å². The third kappa shape index (κ3) is 3.07. The summed E-state index contributed by atoms with van der Waals surface area (Å²) in [4.78, 5) is 0. The Labute approximate surface area is 156 Å². The molecule has 2 heterocycles. The summed E-state index contributed by atoms with van der Waals surface area (Å²) >= 11 is 8.01. The second-order valence-electron chi connectivity index (χ2n) is 6.20. The van der Waals surface area contributed by atoms with Gasteiger partial charge in [-0.05, 0) is 42.3 Å². The average Bonchev–Trinajstić information content (AvgIpc) is 3.06. The van der Waals surface area contributed by atoms with Gasteiger partial charge in [-0.25, -0.2) is 0 Å². The number of fused-ring (bicyclic) bond motifs is 3. The van der Waals surface area contributed by atoms with E-state index in [1.807, 2.05) is 41.4 Å². The van der Waals surface area contributed by atoms with Gasteiger partial charge in [0.05, 0.1) is 11.8 Å². The van der Waals surface area contributed by atoms with Crippen LogP contribution in [0.25, 0.3) is 0 Å². The summed E-state index contributed by atoms with van der Waals surface area (Å²) in [5.74, 6) is 2.14. The molecule has 0 saturated carbocycles. The lowest BCUT2D eigenvalue weighted by molar-refractivity contribution is -0.0180. The molecule has 2 aromatic carbocycles. The van der Waals surface area contributed by atoms with Crippen LogP contribution in [0.3, 0.4) is 0 Å². The summed E-state index contributed by atoms with van der Waals surface area (Å²) in [7, 11) is 0. The Kier molecular flexibility index (Phi) is 4.52. The van der Waals surface area contributed by atoms with E-state index in [2.05, 4.69) is 6.26 Å². The van der Waals surface area contributed by atoms with Gasteiger partial charge in [-0.3, -0.25) is 5.01 Å². The second kappa shape index (κ2) is 6.81. The Morgan fingerprint density at radius 2 is 2.16 bits per heavy atom. The number of aromatic hydroxyl groups is 1. The van der Waals surface area contributed by atoms with Crippen molar-refractivity contribution in [3.63, 3.8) is 0 Å². The molecule has 2 atom stereocenters. The molecular formula is C19H19ClN2O2S. The highest BCUT2D eigenvalue weighted by atomic mass is 35.5. The summed E-state index contributed by atoms with van der Waals surface area (Å²) in [6.07, 6.45) is 3.60. The van der Waals surface area contributed by atoms with Gasteiger partial charge in [0.2, 0.25) is 0 Å². The summed E-state index contributed by atoms with van der Waals surface area (Å²) in [5, 5.41) is 17.7. The number of hydrogen-bond donors (Lipinski definition) is 1. The minimum Gasteiger partial charge on any atom is -0.507 e. The molecule has 0 amide bonds. The zero-order chi connectivity index (χ0) is 17.4. The molecule has 4 nitrogen and oxygen atoms in total. The molecule has 0 spiro atoms. The van der Waals surface area contributed by atoms with Crippen molar-refractivity contribution >= 4 is 29.1 Å². The van der Waals surface area contributed by atoms with Crippen LogP contribution in [0.4, 0.5) is 0 Å². The minimum atomic E-state index is -0.102. The Bertz CT molecular complexity index is 827. The first-order valence-corrected chi connectivity index (χ1v) is 10.0. The largest absolute Gasteiger partial charge is 0.507 e. The number of ether oxygens (including phenoxy) is 1. The van der Waals surface area contributed by atoms with Crippen molar-refractivity contribution in [2.75, 3.05) is 12.0 Å². The van der Waals surface area contributed by atoms with Crippen LogP contribution in [0.15, 0.2) is 47.6 Å². The highest BCUT2D eigenvalue weighted by Crippen LogP contribution is 2.45. The van der Waals surface area contributed by atoms with Crippen molar-refractivity contribution in [3.8, 4) is 11.5 Å². The lowest BCUT2D eigenvalue weighted by Gasteiger charge is -2.38. The van der Waals surface area contributed by atoms with Crippen molar-refractivity contribution in [3.05, 3.63) is 58.6 Å². The lowest BCUT2D eigenvalue weighted by Crippen LogP contribution is -2.40. The van der Waals surface area contributed by atoms with Gasteiger partial charge in [0.1, 0.15) is 11.5 Å². The van der Waals surface area contributed by atoms with E-state index in [1.165, 1.54) is 0 Å². The van der Waals surface area contributed by atoms with Crippen molar-refractivity contribution in [1.29, 1.82) is 0 Å². The summed E-state index contributed by atoms with van der Waals surface area (Å²) in [5.41, 5.74) is 2.72. The standard InChI is InChI=1S/C19H19ClN2O2S/c1-25-9-8-19-22-16(14-10-12(20)6-7-18(14)24-19)11-15(21-22)13-4-2-3-5-17(13)23/h2-7,10,16,19,23H,8-9,11H2,1H3/t16-,19+/m1/s1. The molecule has 0 unspecified atom stereocenters. The van der Waals surface area contributed by atoms with Gasteiger partial charge in [0, 0.05) is 29.0 Å². The first kappa shape index (κ1) is 16.6. The van der Waals surface area contributed by atoms with Crippen LogP contribution in [0.5, 0.6) is 11.5 Å². The molecule has 0 bridgehead atoms. The Hall–Kier alpha value is -1.85. The van der Waals surface area contributed by atoms with E-state index in [0.717, 1.165) is 41.2 Å². The van der Waals surface area contributed by atoms with Gasteiger partial charge in [-0.15, -0.1) is 0 Å². The number of thioether (sulfide) groups is 1. The van der Waals surface area contributed by atoms with Crippen LogP contribution < -0.4 is 4.74 Å². The zero-order valence-electron chi connectivity index (χ0n) is 13.9. The average molecular weight is 375 g/mol. The molecule has 6 heteroatoms. The summed E-state index contributed by atoms with van der Waals surface area (Å²) in [6.45, 7) is 0. The van der Waals surface area contributed by atoms with E-state index in [1.54, 1.807) is 17.8 Å². The van der Waals surface area contributed by atoms with Gasteiger partial charge in [0.25, 0.3) is 0 Å². The predicted octanol–water partition coefficient (Wildman–Crippen LogP) is 4.67. The van der Waals surface area contributed by atoms with E-state index >= 15 is 0 Å². The Balaban J connectivity index is 1.73. The van der Waals surface area contributed by atoms with E-state index in [-0.39, 0.29) is 18.0 Å². The fourth-order valence-corrected chi connectivity index (χ4v) is 4.04. The molecule has 4 rings (SSSR count). The predicted molar refractivity (Wildman–Crippen MR) is 103 cm³/mol. The fraction of sp³-hybridized carbons (Fsp3) is 0.316. The van der Waals surface area contributed by atoms with Crippen LogP contribution in [0.2, 0.25) is 5.02 Å². The van der Waals surface area contributed by atoms with Gasteiger partial charge in [-0.2, -0.15) is 16.9 Å². The fourth-order valence-electron chi connectivity index (χ4n) is 3.42. The molecule has 130 valence electrons. The van der Waals surface area contributed by atoms with Gasteiger partial charge in [-0.1, -0.05) is 23.7 Å². The van der Waals surface area contributed by atoms with E-state index < -0.39 is 0 Å². The lowest BCUT2D eigenvalue weighted by atomic mass is 9.96. The van der Waals surface area contributed by atoms with Crippen molar-refractivity contribution in [2.24, 2.45) is 5.10 Å². The highest BCUT2D eigenvalue weighted by molar-refractivity contribution is 7.98. The quantitative estimate of drug-likeness (QED) is 0.844. The highest BCUT2D eigenvalue weighted by Gasteiger charge is 2.40. The molecule has 2 aromatic rings. The van der Waals surface area contributed by atoms with Crippen LogP contribution in [-0.2, 0) is 0 Å². The number of rotatable bonds is 4. The number of nitrogens with zero attached hydrogens (tertiary/aromatic N) is 2. The molecule has 0 radical (unpaired) electrons. The third-order valence-electron chi connectivity index (χ3n) is 4.61. The Morgan fingerprint density at radius 3 is 2.96 bits per heavy atom. The summed E-state index contributed by atoms with van der Waals surface area (Å²) < 4.78 is 6.20. The number of para-hydroxylation sites is 1. The van der Waals surface area contributed by atoms with Crippen molar-refractivity contribution in [2.45, 2.75) is 25.1 Å². The molecule has 1 N–H and O–H groups in total. The normalized spacial score (nSPS) is 21.4. The molecule has 0 aromatic heterocycles. The smallest absolute Gasteiger partial charge is 0.188 e. The van der Waals surface area contributed by atoms with Crippen LogP contribution in [-0.4, -0.2) is 34.1 Å². The number of benzene rings is 2.